The number of hydrogen-bond acceptors (Lipinski definition) is 4. The van der Waals surface area contributed by atoms with Crippen LogP contribution in [0.15, 0.2) is 18.2 Å². The molecule has 98 valence electrons. The van der Waals surface area contributed by atoms with Crippen LogP contribution in [0.25, 0.3) is 0 Å². The van der Waals surface area contributed by atoms with Crippen molar-refractivity contribution in [3.05, 3.63) is 33.9 Å². The van der Waals surface area contributed by atoms with Gasteiger partial charge in [0.25, 0.3) is 5.69 Å². The van der Waals surface area contributed by atoms with Gasteiger partial charge in [-0.15, -0.1) is 0 Å². The number of alkyl halides is 1. The average molecular weight is 324 g/mol. The summed E-state index contributed by atoms with van der Waals surface area (Å²) in [7, 11) is 0. The minimum atomic E-state index is -0.558. The van der Waals surface area contributed by atoms with Gasteiger partial charge < -0.3 is 4.90 Å². The van der Waals surface area contributed by atoms with Gasteiger partial charge >= 0.3 is 0 Å². The van der Waals surface area contributed by atoms with E-state index in [1.54, 1.807) is 0 Å². The van der Waals surface area contributed by atoms with Crippen LogP contribution in [0.4, 0.5) is 11.4 Å². The summed E-state index contributed by atoms with van der Waals surface area (Å²) in [5.74, 6) is 0.143. The molecule has 0 aliphatic carbocycles. The lowest BCUT2D eigenvalue weighted by Gasteiger charge is -2.17. The predicted octanol–water partition coefficient (Wildman–Crippen LogP) is 2.21. The summed E-state index contributed by atoms with van der Waals surface area (Å²) >= 11 is 3.34. The lowest BCUT2D eigenvalue weighted by atomic mass is 10.1. The van der Waals surface area contributed by atoms with E-state index >= 15 is 0 Å². The minimum Gasteiger partial charge on any atom is -0.311 e. The van der Waals surface area contributed by atoms with Crippen LogP contribution in [0.2, 0.25) is 0 Å². The first-order valence-electron chi connectivity index (χ1n) is 5.61. The Kier molecular flexibility index (Phi) is 3.81. The Labute approximate surface area is 117 Å². The lowest BCUT2D eigenvalue weighted by Crippen LogP contribution is -2.25. The molecule has 6 nitrogen and oxygen atoms in total. The van der Waals surface area contributed by atoms with Crippen LogP contribution >= 0.6 is 15.9 Å². The number of anilines is 1. The van der Waals surface area contributed by atoms with Crippen molar-refractivity contribution in [1.82, 2.24) is 0 Å². The molecule has 2 rings (SSSR count). The van der Waals surface area contributed by atoms with Crippen LogP contribution in [-0.4, -0.2) is 22.7 Å². The molecule has 1 heterocycles. The van der Waals surface area contributed by atoms with Gasteiger partial charge in [-0.3, -0.25) is 14.9 Å². The van der Waals surface area contributed by atoms with Crippen molar-refractivity contribution in [2.24, 2.45) is 5.92 Å². The van der Waals surface area contributed by atoms with Gasteiger partial charge in [-0.25, -0.2) is 0 Å². The van der Waals surface area contributed by atoms with Crippen LogP contribution in [-0.2, 0) is 4.79 Å². The number of carbonyl (C=O) groups excluding carboxylic acids is 1. The van der Waals surface area contributed by atoms with Crippen molar-refractivity contribution in [3.8, 4) is 6.07 Å². The number of benzene rings is 1. The van der Waals surface area contributed by atoms with Gasteiger partial charge in [0.15, 0.2) is 0 Å². The number of rotatable bonds is 3. The maximum atomic E-state index is 11.9. The molecule has 1 aliphatic heterocycles. The van der Waals surface area contributed by atoms with Crippen molar-refractivity contribution in [1.29, 1.82) is 5.26 Å². The molecular formula is C12H10BrN3O3. The number of halogens is 1. The highest BCUT2D eigenvalue weighted by Crippen LogP contribution is 2.30. The fourth-order valence-corrected chi connectivity index (χ4v) is 2.51. The normalized spacial score (nSPS) is 18.4. The summed E-state index contributed by atoms with van der Waals surface area (Å²) in [5, 5.41) is 20.5. The summed E-state index contributed by atoms with van der Waals surface area (Å²) in [6.07, 6.45) is 0.424. The Bertz CT molecular complexity index is 582. The van der Waals surface area contributed by atoms with Gasteiger partial charge in [0, 0.05) is 30.4 Å². The Hall–Kier alpha value is -1.94. The second kappa shape index (κ2) is 5.36. The highest BCUT2D eigenvalue weighted by molar-refractivity contribution is 9.09. The number of hydrogen-bond donors (Lipinski definition) is 0. The van der Waals surface area contributed by atoms with Crippen molar-refractivity contribution in [3.63, 3.8) is 0 Å². The van der Waals surface area contributed by atoms with E-state index in [-0.39, 0.29) is 23.1 Å². The van der Waals surface area contributed by atoms with Gasteiger partial charge in [0.2, 0.25) is 5.91 Å². The van der Waals surface area contributed by atoms with Gasteiger partial charge in [-0.05, 0) is 12.0 Å². The number of nitro benzene ring substituents is 1. The molecule has 0 N–H and O–H groups in total. The standard InChI is InChI=1S/C12H10BrN3O3/c13-5-8-3-12(17)15(7-8)11-2-1-10(16(18)19)4-9(11)6-14/h1-2,4,8H,3,5,7H2. The van der Waals surface area contributed by atoms with E-state index in [1.165, 1.54) is 23.1 Å². The molecule has 0 bridgehead atoms. The number of nitrogens with zero attached hydrogens (tertiary/aromatic N) is 3. The fraction of sp³-hybridized carbons (Fsp3) is 0.333. The molecule has 7 heteroatoms. The number of carbonyl (C=O) groups is 1. The van der Waals surface area contributed by atoms with E-state index in [2.05, 4.69) is 15.9 Å². The second-order valence-corrected chi connectivity index (χ2v) is 4.95. The molecule has 19 heavy (non-hydrogen) atoms. The highest BCUT2D eigenvalue weighted by atomic mass is 79.9. The second-order valence-electron chi connectivity index (χ2n) is 4.30. The smallest absolute Gasteiger partial charge is 0.270 e. The quantitative estimate of drug-likeness (QED) is 0.484. The Balaban J connectivity index is 2.38. The third-order valence-electron chi connectivity index (χ3n) is 3.03. The first kappa shape index (κ1) is 13.5. The fourth-order valence-electron chi connectivity index (χ4n) is 2.08. The van der Waals surface area contributed by atoms with Crippen LogP contribution in [0.5, 0.6) is 0 Å². The van der Waals surface area contributed by atoms with Gasteiger partial charge in [-0.1, -0.05) is 15.9 Å². The summed E-state index contributed by atoms with van der Waals surface area (Å²) in [6.45, 7) is 0.524. The summed E-state index contributed by atoms with van der Waals surface area (Å²) < 4.78 is 0. The van der Waals surface area contributed by atoms with Gasteiger partial charge in [-0.2, -0.15) is 5.26 Å². The molecule has 0 saturated carbocycles. The zero-order chi connectivity index (χ0) is 14.0. The van der Waals surface area contributed by atoms with Gasteiger partial charge in [0.1, 0.15) is 6.07 Å². The molecule has 1 atom stereocenters. The molecule has 0 aromatic heterocycles. The largest absolute Gasteiger partial charge is 0.311 e. The average Bonchev–Trinajstić information content (AvgIpc) is 2.79. The molecule has 0 spiro atoms. The van der Waals surface area contributed by atoms with Crippen LogP contribution in [0.3, 0.4) is 0 Å². The Morgan fingerprint density at radius 1 is 1.58 bits per heavy atom. The zero-order valence-electron chi connectivity index (χ0n) is 9.88. The van der Waals surface area contributed by atoms with Crippen molar-refractivity contribution in [2.45, 2.75) is 6.42 Å². The molecule has 1 amide bonds. The Morgan fingerprint density at radius 3 is 2.84 bits per heavy atom. The molecule has 1 saturated heterocycles. The van der Waals surface area contributed by atoms with Crippen LogP contribution < -0.4 is 4.90 Å². The monoisotopic (exact) mass is 323 g/mol. The SMILES string of the molecule is N#Cc1cc([N+](=O)[O-])ccc1N1CC(CBr)CC1=O. The molecular weight excluding hydrogens is 314 g/mol. The summed E-state index contributed by atoms with van der Waals surface area (Å²) in [6, 6.07) is 5.88. The van der Waals surface area contributed by atoms with E-state index in [1.807, 2.05) is 6.07 Å². The van der Waals surface area contributed by atoms with Crippen molar-refractivity contribution < 1.29 is 9.72 Å². The number of nitriles is 1. The molecule has 1 aromatic carbocycles. The molecule has 1 unspecified atom stereocenters. The first-order chi connectivity index (χ1) is 9.06. The van der Waals surface area contributed by atoms with E-state index in [0.717, 1.165) is 0 Å². The topological polar surface area (TPSA) is 87.2 Å². The third-order valence-corrected chi connectivity index (χ3v) is 3.94. The highest BCUT2D eigenvalue weighted by Gasteiger charge is 2.31. The van der Waals surface area contributed by atoms with Crippen molar-refractivity contribution in [2.75, 3.05) is 16.8 Å². The van der Waals surface area contributed by atoms with Crippen LogP contribution in [0.1, 0.15) is 12.0 Å². The molecule has 0 radical (unpaired) electrons. The van der Waals surface area contributed by atoms with E-state index < -0.39 is 4.92 Å². The van der Waals surface area contributed by atoms with Gasteiger partial charge in [0.05, 0.1) is 16.2 Å². The van der Waals surface area contributed by atoms with E-state index in [4.69, 9.17) is 5.26 Å². The van der Waals surface area contributed by atoms with Crippen molar-refractivity contribution >= 4 is 33.2 Å². The third kappa shape index (κ3) is 2.58. The number of amides is 1. The number of non-ortho nitro benzene ring substituents is 1. The number of nitro groups is 1. The maximum Gasteiger partial charge on any atom is 0.270 e. The lowest BCUT2D eigenvalue weighted by molar-refractivity contribution is -0.384. The Morgan fingerprint density at radius 2 is 2.32 bits per heavy atom. The maximum absolute atomic E-state index is 11.9. The zero-order valence-corrected chi connectivity index (χ0v) is 11.5. The van der Waals surface area contributed by atoms with Crippen LogP contribution in [0, 0.1) is 27.4 Å². The molecule has 1 aliphatic rings. The minimum absolute atomic E-state index is 0.0604. The molecule has 1 aromatic rings. The first-order valence-corrected chi connectivity index (χ1v) is 6.73. The molecule has 1 fully saturated rings. The van der Waals surface area contributed by atoms with E-state index in [0.29, 0.717) is 24.0 Å². The van der Waals surface area contributed by atoms with E-state index in [9.17, 15) is 14.9 Å². The predicted molar refractivity (Wildman–Crippen MR) is 72.1 cm³/mol. The summed E-state index contributed by atoms with van der Waals surface area (Å²) in [5.41, 5.74) is 0.448. The summed E-state index contributed by atoms with van der Waals surface area (Å²) in [4.78, 5) is 23.5.